The highest BCUT2D eigenvalue weighted by Crippen LogP contribution is 2.28. The summed E-state index contributed by atoms with van der Waals surface area (Å²) >= 11 is 0. The number of hydrogen-bond acceptors (Lipinski definition) is 2. The van der Waals surface area contributed by atoms with Gasteiger partial charge in [0, 0.05) is 25.2 Å². The molecule has 0 aromatic heterocycles. The second kappa shape index (κ2) is 6.71. The van der Waals surface area contributed by atoms with Gasteiger partial charge in [-0.1, -0.05) is 49.8 Å². The Hall–Kier alpha value is -1.61. The molecule has 1 heterocycles. The minimum absolute atomic E-state index is 0.332. The second-order valence-electron chi connectivity index (χ2n) is 5.53. The molecule has 1 aliphatic rings. The number of likely N-dealkylation sites (tertiary alicyclic amines) is 1. The minimum Gasteiger partial charge on any atom is -0.478 e. The SMILES string of the molecule is CC/C(C(=O)O)=C1/CCN(Cc2ccccc2)CC1C. The standard InChI is InChI=1S/C17H23NO2/c1-3-15(17(19)20)16-9-10-18(11-13(16)2)12-14-7-5-4-6-8-14/h4-8,13H,3,9-12H2,1-2H3,(H,19,20)/b16-15+. The van der Waals surface area contributed by atoms with Gasteiger partial charge in [0.2, 0.25) is 0 Å². The Kier molecular flexibility index (Phi) is 4.96. The minimum atomic E-state index is -0.745. The zero-order valence-corrected chi connectivity index (χ0v) is 12.3. The average Bonchev–Trinajstić information content (AvgIpc) is 2.43. The monoisotopic (exact) mass is 273 g/mol. The summed E-state index contributed by atoms with van der Waals surface area (Å²) < 4.78 is 0. The van der Waals surface area contributed by atoms with E-state index in [1.165, 1.54) is 5.56 Å². The Morgan fingerprint density at radius 1 is 1.35 bits per heavy atom. The molecule has 0 saturated carbocycles. The van der Waals surface area contributed by atoms with E-state index in [9.17, 15) is 9.90 Å². The highest BCUT2D eigenvalue weighted by molar-refractivity contribution is 5.87. The maximum Gasteiger partial charge on any atom is 0.331 e. The Balaban J connectivity index is 2.04. The van der Waals surface area contributed by atoms with Crippen LogP contribution in [0.1, 0.15) is 32.3 Å². The Morgan fingerprint density at radius 3 is 2.60 bits per heavy atom. The van der Waals surface area contributed by atoms with Gasteiger partial charge in [-0.25, -0.2) is 4.79 Å². The molecule has 108 valence electrons. The van der Waals surface area contributed by atoms with Crippen molar-refractivity contribution in [3.8, 4) is 0 Å². The van der Waals surface area contributed by atoms with Crippen molar-refractivity contribution >= 4 is 5.97 Å². The molecular weight excluding hydrogens is 250 g/mol. The van der Waals surface area contributed by atoms with E-state index in [2.05, 4.69) is 36.1 Å². The Labute approximate surface area is 120 Å². The molecule has 3 heteroatoms. The molecule has 20 heavy (non-hydrogen) atoms. The summed E-state index contributed by atoms with van der Waals surface area (Å²) in [4.78, 5) is 13.7. The van der Waals surface area contributed by atoms with E-state index < -0.39 is 5.97 Å². The van der Waals surface area contributed by atoms with Crippen molar-refractivity contribution in [2.45, 2.75) is 33.2 Å². The molecule has 0 bridgehead atoms. The third-order valence-electron chi connectivity index (χ3n) is 4.07. The van der Waals surface area contributed by atoms with Crippen LogP contribution in [0.25, 0.3) is 0 Å². The number of carboxylic acids is 1. The Morgan fingerprint density at radius 2 is 2.05 bits per heavy atom. The van der Waals surface area contributed by atoms with Gasteiger partial charge in [0.25, 0.3) is 0 Å². The van der Waals surface area contributed by atoms with Crippen molar-refractivity contribution < 1.29 is 9.90 Å². The van der Waals surface area contributed by atoms with Crippen LogP contribution in [0.3, 0.4) is 0 Å². The summed E-state index contributed by atoms with van der Waals surface area (Å²) in [5.41, 5.74) is 3.09. The number of nitrogens with zero attached hydrogens (tertiary/aromatic N) is 1. The summed E-state index contributed by atoms with van der Waals surface area (Å²) in [6.07, 6.45) is 1.50. The maximum atomic E-state index is 11.3. The van der Waals surface area contributed by atoms with E-state index in [0.29, 0.717) is 17.9 Å². The van der Waals surface area contributed by atoms with Crippen molar-refractivity contribution in [3.05, 3.63) is 47.0 Å². The molecule has 0 amide bonds. The third-order valence-corrected chi connectivity index (χ3v) is 4.07. The first-order valence-corrected chi connectivity index (χ1v) is 7.33. The second-order valence-corrected chi connectivity index (χ2v) is 5.53. The number of piperidine rings is 1. The molecule has 1 fully saturated rings. The first-order chi connectivity index (χ1) is 9.61. The van der Waals surface area contributed by atoms with Crippen molar-refractivity contribution in [3.63, 3.8) is 0 Å². The molecular formula is C17H23NO2. The maximum absolute atomic E-state index is 11.3. The summed E-state index contributed by atoms with van der Waals surface area (Å²) in [6, 6.07) is 10.4. The quantitative estimate of drug-likeness (QED) is 0.856. The Bertz CT molecular complexity index is 493. The molecule has 0 radical (unpaired) electrons. The molecule has 1 unspecified atom stereocenters. The summed E-state index contributed by atoms with van der Waals surface area (Å²) in [5, 5.41) is 9.27. The number of benzene rings is 1. The van der Waals surface area contributed by atoms with Gasteiger partial charge in [0.1, 0.15) is 0 Å². The number of hydrogen-bond donors (Lipinski definition) is 1. The smallest absolute Gasteiger partial charge is 0.331 e. The van der Waals surface area contributed by atoms with Gasteiger partial charge in [0.05, 0.1) is 0 Å². The van der Waals surface area contributed by atoms with Gasteiger partial charge >= 0.3 is 5.97 Å². The van der Waals surface area contributed by atoms with E-state index in [4.69, 9.17) is 0 Å². The van der Waals surface area contributed by atoms with Gasteiger partial charge in [-0.15, -0.1) is 0 Å². The topological polar surface area (TPSA) is 40.5 Å². The molecule has 1 aromatic rings. The first-order valence-electron chi connectivity index (χ1n) is 7.33. The molecule has 0 aliphatic carbocycles. The lowest BCUT2D eigenvalue weighted by Crippen LogP contribution is -2.36. The molecule has 1 saturated heterocycles. The van der Waals surface area contributed by atoms with Crippen molar-refractivity contribution in [1.82, 2.24) is 4.90 Å². The molecule has 2 rings (SSSR count). The predicted molar refractivity (Wildman–Crippen MR) is 80.5 cm³/mol. The molecule has 1 aliphatic heterocycles. The predicted octanol–water partition coefficient (Wildman–Crippen LogP) is 3.32. The lowest BCUT2D eigenvalue weighted by molar-refractivity contribution is -0.132. The summed E-state index contributed by atoms with van der Waals surface area (Å²) in [5.74, 6) is -0.413. The fraction of sp³-hybridized carbons (Fsp3) is 0.471. The average molecular weight is 273 g/mol. The number of aliphatic carboxylic acids is 1. The number of carbonyl (C=O) groups is 1. The molecule has 1 aromatic carbocycles. The number of rotatable bonds is 4. The molecule has 1 atom stereocenters. The summed E-state index contributed by atoms with van der Waals surface area (Å²) in [6.45, 7) is 6.92. The van der Waals surface area contributed by atoms with E-state index >= 15 is 0 Å². The van der Waals surface area contributed by atoms with Gasteiger partial charge < -0.3 is 5.11 Å². The van der Waals surface area contributed by atoms with Crippen LogP contribution in [0.4, 0.5) is 0 Å². The normalized spacial score (nSPS) is 22.6. The van der Waals surface area contributed by atoms with E-state index in [1.54, 1.807) is 0 Å². The van der Waals surface area contributed by atoms with Gasteiger partial charge in [0.15, 0.2) is 0 Å². The fourth-order valence-corrected chi connectivity index (χ4v) is 3.06. The van der Waals surface area contributed by atoms with Crippen LogP contribution in [0.15, 0.2) is 41.5 Å². The zero-order valence-electron chi connectivity index (χ0n) is 12.3. The van der Waals surface area contributed by atoms with Crippen LogP contribution in [-0.4, -0.2) is 29.1 Å². The zero-order chi connectivity index (χ0) is 14.5. The lowest BCUT2D eigenvalue weighted by atomic mass is 9.88. The number of carboxylic acid groups (broad SMARTS) is 1. The van der Waals surface area contributed by atoms with Crippen LogP contribution < -0.4 is 0 Å². The van der Waals surface area contributed by atoms with E-state index in [1.807, 2.05) is 13.0 Å². The fourth-order valence-electron chi connectivity index (χ4n) is 3.06. The third kappa shape index (κ3) is 3.48. The van der Waals surface area contributed by atoms with Crippen LogP contribution in [0.2, 0.25) is 0 Å². The van der Waals surface area contributed by atoms with Gasteiger partial charge in [-0.3, -0.25) is 4.90 Å². The molecule has 3 nitrogen and oxygen atoms in total. The van der Waals surface area contributed by atoms with Crippen LogP contribution in [0, 0.1) is 5.92 Å². The van der Waals surface area contributed by atoms with E-state index in [-0.39, 0.29) is 0 Å². The highest BCUT2D eigenvalue weighted by Gasteiger charge is 2.25. The van der Waals surface area contributed by atoms with Crippen LogP contribution in [-0.2, 0) is 11.3 Å². The van der Waals surface area contributed by atoms with E-state index in [0.717, 1.165) is 31.6 Å². The lowest BCUT2D eigenvalue weighted by Gasteiger charge is -2.34. The molecule has 1 N–H and O–H groups in total. The van der Waals surface area contributed by atoms with Crippen molar-refractivity contribution in [1.29, 1.82) is 0 Å². The van der Waals surface area contributed by atoms with Gasteiger partial charge in [-0.05, 0) is 24.3 Å². The van der Waals surface area contributed by atoms with Crippen molar-refractivity contribution in [2.75, 3.05) is 13.1 Å². The van der Waals surface area contributed by atoms with Crippen molar-refractivity contribution in [2.24, 2.45) is 5.92 Å². The molecule has 0 spiro atoms. The largest absolute Gasteiger partial charge is 0.478 e. The first kappa shape index (κ1) is 14.8. The summed E-state index contributed by atoms with van der Waals surface area (Å²) in [7, 11) is 0. The highest BCUT2D eigenvalue weighted by atomic mass is 16.4. The van der Waals surface area contributed by atoms with Crippen LogP contribution >= 0.6 is 0 Å². The van der Waals surface area contributed by atoms with Crippen LogP contribution in [0.5, 0.6) is 0 Å². The van der Waals surface area contributed by atoms with Gasteiger partial charge in [-0.2, -0.15) is 0 Å².